The van der Waals surface area contributed by atoms with Crippen LogP contribution in [0, 0.1) is 6.92 Å². The predicted octanol–water partition coefficient (Wildman–Crippen LogP) is 4.40. The fraction of sp³-hybridized carbons (Fsp3) is 0.333. The first-order valence-corrected chi connectivity index (χ1v) is 9.64. The Hall–Kier alpha value is -2.04. The van der Waals surface area contributed by atoms with Crippen LogP contribution < -0.4 is 5.32 Å². The summed E-state index contributed by atoms with van der Waals surface area (Å²) in [7, 11) is 0. The summed E-state index contributed by atoms with van der Waals surface area (Å²) < 4.78 is 0. The largest absolute Gasteiger partial charge is 0.355 e. The maximum atomic E-state index is 13.0. The van der Waals surface area contributed by atoms with Gasteiger partial charge < -0.3 is 10.2 Å². The van der Waals surface area contributed by atoms with Crippen molar-refractivity contribution in [1.29, 1.82) is 0 Å². The molecule has 0 unspecified atom stereocenters. The standard InChI is InChI=1S/C21H24Cl2N2O2/c1-4-24-21(27)15(3)25(13-17-8-9-18(22)12-19(17)23)20(26)11-16-7-5-6-14(2)10-16/h5-10,12,15H,4,11,13H2,1-3H3,(H,24,27)/t15-/m1/s1. The number of benzene rings is 2. The van der Waals surface area contributed by atoms with Crippen molar-refractivity contribution in [1.82, 2.24) is 10.2 Å². The minimum Gasteiger partial charge on any atom is -0.355 e. The van der Waals surface area contributed by atoms with Crippen molar-refractivity contribution in [2.24, 2.45) is 0 Å². The Morgan fingerprint density at radius 2 is 1.89 bits per heavy atom. The summed E-state index contributed by atoms with van der Waals surface area (Å²) in [6, 6.07) is 12.3. The minimum atomic E-state index is -0.617. The molecule has 0 aromatic heterocycles. The second-order valence-electron chi connectivity index (χ2n) is 6.49. The highest BCUT2D eigenvalue weighted by Gasteiger charge is 2.26. The molecule has 0 saturated heterocycles. The quantitative estimate of drug-likeness (QED) is 0.740. The summed E-state index contributed by atoms with van der Waals surface area (Å²) >= 11 is 12.2. The van der Waals surface area contributed by atoms with Crippen molar-refractivity contribution in [2.75, 3.05) is 6.54 Å². The summed E-state index contributed by atoms with van der Waals surface area (Å²) in [6.45, 7) is 6.29. The van der Waals surface area contributed by atoms with Gasteiger partial charge in [0.1, 0.15) is 6.04 Å². The molecule has 2 aromatic carbocycles. The first-order chi connectivity index (χ1) is 12.8. The van der Waals surface area contributed by atoms with Crippen molar-refractivity contribution in [2.45, 2.75) is 39.8 Å². The molecule has 0 radical (unpaired) electrons. The fourth-order valence-electron chi connectivity index (χ4n) is 2.84. The lowest BCUT2D eigenvalue weighted by atomic mass is 10.1. The normalized spacial score (nSPS) is 11.7. The molecule has 0 aliphatic heterocycles. The molecular formula is C21H24Cl2N2O2. The van der Waals surface area contributed by atoms with Crippen LogP contribution in [0.3, 0.4) is 0 Å². The van der Waals surface area contributed by atoms with Crippen LogP contribution in [-0.4, -0.2) is 29.3 Å². The van der Waals surface area contributed by atoms with E-state index in [9.17, 15) is 9.59 Å². The Morgan fingerprint density at radius 1 is 1.15 bits per heavy atom. The van der Waals surface area contributed by atoms with Crippen LogP contribution in [0.2, 0.25) is 10.0 Å². The smallest absolute Gasteiger partial charge is 0.242 e. The minimum absolute atomic E-state index is 0.134. The highest BCUT2D eigenvalue weighted by Crippen LogP contribution is 2.23. The zero-order chi connectivity index (χ0) is 20.0. The number of nitrogens with zero attached hydrogens (tertiary/aromatic N) is 1. The number of hydrogen-bond acceptors (Lipinski definition) is 2. The van der Waals surface area contributed by atoms with E-state index in [1.165, 1.54) is 0 Å². The Kier molecular flexibility index (Phi) is 7.69. The second kappa shape index (κ2) is 9.77. The molecule has 6 heteroatoms. The van der Waals surface area contributed by atoms with E-state index >= 15 is 0 Å². The van der Waals surface area contributed by atoms with Gasteiger partial charge in [0, 0.05) is 23.1 Å². The van der Waals surface area contributed by atoms with Crippen LogP contribution in [-0.2, 0) is 22.6 Å². The molecule has 2 amide bonds. The average molecular weight is 407 g/mol. The summed E-state index contributed by atoms with van der Waals surface area (Å²) in [6.07, 6.45) is 0.219. The monoisotopic (exact) mass is 406 g/mol. The number of nitrogens with one attached hydrogen (secondary N) is 1. The van der Waals surface area contributed by atoms with Crippen molar-refractivity contribution in [3.8, 4) is 0 Å². The van der Waals surface area contributed by atoms with Crippen molar-refractivity contribution in [3.05, 3.63) is 69.2 Å². The molecule has 27 heavy (non-hydrogen) atoms. The average Bonchev–Trinajstić information content (AvgIpc) is 2.60. The zero-order valence-electron chi connectivity index (χ0n) is 15.8. The first-order valence-electron chi connectivity index (χ1n) is 8.88. The Bertz CT molecular complexity index is 824. The van der Waals surface area contributed by atoms with Gasteiger partial charge in [-0.1, -0.05) is 59.1 Å². The number of carbonyl (C=O) groups is 2. The number of halogens is 2. The number of likely N-dealkylation sites (N-methyl/N-ethyl adjacent to an activating group) is 1. The molecule has 0 bridgehead atoms. The molecule has 0 fully saturated rings. The molecule has 0 saturated carbocycles. The van der Waals surface area contributed by atoms with Gasteiger partial charge in [-0.3, -0.25) is 9.59 Å². The Labute approximate surface area is 170 Å². The lowest BCUT2D eigenvalue weighted by molar-refractivity contribution is -0.140. The lowest BCUT2D eigenvalue weighted by Crippen LogP contribution is -2.48. The van der Waals surface area contributed by atoms with Crippen LogP contribution in [0.5, 0.6) is 0 Å². The van der Waals surface area contributed by atoms with Gasteiger partial charge in [0.2, 0.25) is 11.8 Å². The van der Waals surface area contributed by atoms with E-state index in [-0.39, 0.29) is 24.8 Å². The maximum absolute atomic E-state index is 13.0. The zero-order valence-corrected chi connectivity index (χ0v) is 17.3. The van der Waals surface area contributed by atoms with Crippen LogP contribution in [0.4, 0.5) is 0 Å². The summed E-state index contributed by atoms with van der Waals surface area (Å²) in [4.78, 5) is 27.0. The van der Waals surface area contributed by atoms with Gasteiger partial charge in [-0.05, 0) is 44.0 Å². The fourth-order valence-corrected chi connectivity index (χ4v) is 3.30. The molecule has 0 heterocycles. The van der Waals surface area contributed by atoms with Crippen LogP contribution in [0.25, 0.3) is 0 Å². The van der Waals surface area contributed by atoms with Crippen molar-refractivity contribution >= 4 is 35.0 Å². The van der Waals surface area contributed by atoms with Gasteiger partial charge in [-0.15, -0.1) is 0 Å². The third kappa shape index (κ3) is 5.98. The number of rotatable bonds is 7. The molecule has 1 N–H and O–H groups in total. The van der Waals surface area contributed by atoms with Crippen LogP contribution in [0.15, 0.2) is 42.5 Å². The first kappa shape index (κ1) is 21.3. The van der Waals surface area contributed by atoms with Gasteiger partial charge in [0.25, 0.3) is 0 Å². The van der Waals surface area contributed by atoms with Crippen molar-refractivity contribution in [3.63, 3.8) is 0 Å². The SMILES string of the molecule is CCNC(=O)[C@@H](C)N(Cc1ccc(Cl)cc1Cl)C(=O)Cc1cccc(C)c1. The van der Waals surface area contributed by atoms with E-state index in [1.54, 1.807) is 30.0 Å². The second-order valence-corrected chi connectivity index (χ2v) is 7.34. The number of amides is 2. The summed E-state index contributed by atoms with van der Waals surface area (Å²) in [5.74, 6) is -0.328. The molecular weight excluding hydrogens is 383 g/mol. The predicted molar refractivity (Wildman–Crippen MR) is 110 cm³/mol. The van der Waals surface area contributed by atoms with E-state index in [0.29, 0.717) is 16.6 Å². The Balaban J connectivity index is 2.27. The molecule has 0 aliphatic rings. The summed E-state index contributed by atoms with van der Waals surface area (Å²) in [5, 5.41) is 3.77. The lowest BCUT2D eigenvalue weighted by Gasteiger charge is -2.29. The van der Waals surface area contributed by atoms with Crippen molar-refractivity contribution < 1.29 is 9.59 Å². The van der Waals surface area contributed by atoms with Gasteiger partial charge >= 0.3 is 0 Å². The summed E-state index contributed by atoms with van der Waals surface area (Å²) in [5.41, 5.74) is 2.74. The molecule has 0 aliphatic carbocycles. The van der Waals surface area contributed by atoms with E-state index in [0.717, 1.165) is 16.7 Å². The highest BCUT2D eigenvalue weighted by atomic mass is 35.5. The van der Waals surface area contributed by atoms with Crippen LogP contribution >= 0.6 is 23.2 Å². The van der Waals surface area contributed by atoms with Crippen LogP contribution in [0.1, 0.15) is 30.5 Å². The van der Waals surface area contributed by atoms with Gasteiger partial charge in [-0.2, -0.15) is 0 Å². The number of aryl methyl sites for hydroxylation is 1. The Morgan fingerprint density at radius 3 is 2.52 bits per heavy atom. The van der Waals surface area contributed by atoms with E-state index in [1.807, 2.05) is 38.1 Å². The van der Waals surface area contributed by atoms with Gasteiger partial charge in [0.05, 0.1) is 6.42 Å². The highest BCUT2D eigenvalue weighted by molar-refractivity contribution is 6.35. The van der Waals surface area contributed by atoms with Gasteiger partial charge in [0.15, 0.2) is 0 Å². The number of hydrogen-bond donors (Lipinski definition) is 1. The van der Waals surface area contributed by atoms with E-state index in [4.69, 9.17) is 23.2 Å². The van der Waals surface area contributed by atoms with E-state index in [2.05, 4.69) is 5.32 Å². The van der Waals surface area contributed by atoms with E-state index < -0.39 is 6.04 Å². The third-order valence-electron chi connectivity index (χ3n) is 4.31. The topological polar surface area (TPSA) is 49.4 Å². The third-order valence-corrected chi connectivity index (χ3v) is 4.90. The molecule has 144 valence electrons. The van der Waals surface area contributed by atoms with Gasteiger partial charge in [-0.25, -0.2) is 0 Å². The number of carbonyl (C=O) groups excluding carboxylic acids is 2. The molecule has 0 spiro atoms. The molecule has 4 nitrogen and oxygen atoms in total. The molecule has 1 atom stereocenters. The molecule has 2 rings (SSSR count). The molecule has 2 aromatic rings. The maximum Gasteiger partial charge on any atom is 0.242 e.